The van der Waals surface area contributed by atoms with Gasteiger partial charge >= 0.3 is 0 Å². The highest BCUT2D eigenvalue weighted by Crippen LogP contribution is 2.36. The zero-order valence-corrected chi connectivity index (χ0v) is 11.9. The predicted molar refractivity (Wildman–Crippen MR) is 71.8 cm³/mol. The Labute approximate surface area is 113 Å². The van der Waals surface area contributed by atoms with E-state index in [1.807, 2.05) is 6.92 Å². The van der Waals surface area contributed by atoms with Gasteiger partial charge in [-0.2, -0.15) is 0 Å². The van der Waals surface area contributed by atoms with E-state index in [9.17, 15) is 0 Å². The summed E-state index contributed by atoms with van der Waals surface area (Å²) in [6.07, 6.45) is 6.15. The molecular weight excluding hydrogens is 255 g/mol. The van der Waals surface area contributed by atoms with Crippen molar-refractivity contribution in [1.82, 2.24) is 9.97 Å². The lowest BCUT2D eigenvalue weighted by Gasteiger charge is -2.26. The first-order valence-electron chi connectivity index (χ1n) is 6.31. The van der Waals surface area contributed by atoms with E-state index >= 15 is 0 Å². The molecule has 2 nitrogen and oxygen atoms in total. The number of halogens is 2. The summed E-state index contributed by atoms with van der Waals surface area (Å²) in [5.41, 5.74) is 0.777. The van der Waals surface area contributed by atoms with Crippen LogP contribution in [-0.2, 0) is 0 Å². The monoisotopic (exact) mass is 272 g/mol. The molecule has 0 saturated heterocycles. The van der Waals surface area contributed by atoms with Gasteiger partial charge in [0.25, 0.3) is 0 Å². The van der Waals surface area contributed by atoms with Crippen molar-refractivity contribution in [1.29, 1.82) is 0 Å². The minimum absolute atomic E-state index is 0.438. The third-order valence-corrected chi connectivity index (χ3v) is 4.57. The average Bonchev–Trinajstić information content (AvgIpc) is 2.35. The maximum Gasteiger partial charge on any atom is 0.137 e. The lowest BCUT2D eigenvalue weighted by atomic mass is 9.80. The van der Waals surface area contributed by atoms with Crippen LogP contribution in [0.15, 0.2) is 0 Å². The van der Waals surface area contributed by atoms with Crippen molar-refractivity contribution < 1.29 is 0 Å². The second-order valence-corrected chi connectivity index (χ2v) is 5.63. The topological polar surface area (TPSA) is 25.8 Å². The zero-order chi connectivity index (χ0) is 12.4. The van der Waals surface area contributed by atoms with E-state index < -0.39 is 0 Å². The number of hydrogen-bond acceptors (Lipinski definition) is 2. The first kappa shape index (κ1) is 13.1. The number of rotatable bonds is 2. The van der Waals surface area contributed by atoms with Gasteiger partial charge in [-0.3, -0.25) is 0 Å². The summed E-state index contributed by atoms with van der Waals surface area (Å²) in [6.45, 7) is 4.11. The van der Waals surface area contributed by atoms with Crippen molar-refractivity contribution in [2.75, 3.05) is 0 Å². The molecule has 94 valence electrons. The smallest absolute Gasteiger partial charge is 0.137 e. The van der Waals surface area contributed by atoms with E-state index in [1.165, 1.54) is 19.3 Å². The summed E-state index contributed by atoms with van der Waals surface area (Å²) in [4.78, 5) is 8.76. The first-order valence-corrected chi connectivity index (χ1v) is 7.07. The average molecular weight is 273 g/mol. The zero-order valence-electron chi connectivity index (χ0n) is 10.3. The minimum Gasteiger partial charge on any atom is -0.221 e. The summed E-state index contributed by atoms with van der Waals surface area (Å²) < 4.78 is 0. The maximum atomic E-state index is 6.06. The summed E-state index contributed by atoms with van der Waals surface area (Å²) in [7, 11) is 0. The molecule has 2 rings (SSSR count). The standard InChI is InChI=1S/C13H18Cl2N2/c1-3-9-4-6-10(7-5-9)13-16-11(14)8(2)12(15)17-13/h9-10H,3-7H2,1-2H3. The summed E-state index contributed by atoms with van der Waals surface area (Å²) in [6, 6.07) is 0. The number of aromatic nitrogens is 2. The molecule has 1 aromatic rings. The van der Waals surface area contributed by atoms with Crippen molar-refractivity contribution in [2.24, 2.45) is 5.92 Å². The summed E-state index contributed by atoms with van der Waals surface area (Å²) in [5, 5.41) is 0.996. The lowest BCUT2D eigenvalue weighted by Crippen LogP contribution is -2.15. The van der Waals surface area contributed by atoms with E-state index in [0.717, 1.165) is 30.1 Å². The van der Waals surface area contributed by atoms with Gasteiger partial charge < -0.3 is 0 Å². The molecule has 1 aliphatic rings. The highest BCUT2D eigenvalue weighted by atomic mass is 35.5. The predicted octanol–water partition coefficient (Wildman–Crippen LogP) is 4.78. The van der Waals surface area contributed by atoms with E-state index in [2.05, 4.69) is 16.9 Å². The molecule has 17 heavy (non-hydrogen) atoms. The molecule has 0 unspecified atom stereocenters. The Hall–Kier alpha value is -0.340. The molecule has 1 aromatic heterocycles. The fraction of sp³-hybridized carbons (Fsp3) is 0.692. The van der Waals surface area contributed by atoms with Gasteiger partial charge in [0.1, 0.15) is 16.1 Å². The molecule has 0 amide bonds. The Morgan fingerprint density at radius 3 is 2.06 bits per heavy atom. The van der Waals surface area contributed by atoms with Crippen LogP contribution in [0.4, 0.5) is 0 Å². The molecule has 1 heterocycles. The lowest BCUT2D eigenvalue weighted by molar-refractivity contribution is 0.312. The molecule has 0 spiro atoms. The van der Waals surface area contributed by atoms with E-state index in [1.54, 1.807) is 0 Å². The molecule has 0 aliphatic heterocycles. The Kier molecular flexibility index (Phi) is 4.26. The maximum absolute atomic E-state index is 6.06. The van der Waals surface area contributed by atoms with Crippen molar-refractivity contribution in [3.63, 3.8) is 0 Å². The Morgan fingerprint density at radius 1 is 1.06 bits per heavy atom. The second-order valence-electron chi connectivity index (χ2n) is 4.91. The Balaban J connectivity index is 2.13. The minimum atomic E-state index is 0.438. The van der Waals surface area contributed by atoms with Crippen LogP contribution in [0.2, 0.25) is 10.3 Å². The molecule has 0 radical (unpaired) electrons. The van der Waals surface area contributed by atoms with Gasteiger partial charge in [0, 0.05) is 11.5 Å². The largest absolute Gasteiger partial charge is 0.221 e. The van der Waals surface area contributed by atoms with Gasteiger partial charge in [-0.05, 0) is 38.5 Å². The van der Waals surface area contributed by atoms with Crippen LogP contribution < -0.4 is 0 Å². The first-order chi connectivity index (χ1) is 8.11. The SMILES string of the molecule is CCC1CCC(c2nc(Cl)c(C)c(Cl)n2)CC1. The van der Waals surface area contributed by atoms with Crippen molar-refractivity contribution in [3.05, 3.63) is 21.7 Å². The molecule has 0 atom stereocenters. The molecule has 1 aliphatic carbocycles. The van der Waals surface area contributed by atoms with Crippen LogP contribution in [-0.4, -0.2) is 9.97 Å². The van der Waals surface area contributed by atoms with Crippen LogP contribution in [0, 0.1) is 12.8 Å². The van der Waals surface area contributed by atoms with Gasteiger partial charge in [-0.15, -0.1) is 0 Å². The highest BCUT2D eigenvalue weighted by molar-refractivity contribution is 6.34. The van der Waals surface area contributed by atoms with Crippen molar-refractivity contribution in [3.8, 4) is 0 Å². The van der Waals surface area contributed by atoms with Crippen LogP contribution in [0.3, 0.4) is 0 Å². The van der Waals surface area contributed by atoms with Gasteiger partial charge in [0.2, 0.25) is 0 Å². The number of nitrogens with zero attached hydrogens (tertiary/aromatic N) is 2. The molecule has 0 bridgehead atoms. The van der Waals surface area contributed by atoms with Crippen molar-refractivity contribution >= 4 is 23.2 Å². The van der Waals surface area contributed by atoms with Crippen LogP contribution in [0.1, 0.15) is 56.3 Å². The molecule has 4 heteroatoms. The van der Waals surface area contributed by atoms with E-state index in [-0.39, 0.29) is 0 Å². The highest BCUT2D eigenvalue weighted by Gasteiger charge is 2.24. The number of hydrogen-bond donors (Lipinski definition) is 0. The Morgan fingerprint density at radius 2 is 1.59 bits per heavy atom. The van der Waals surface area contributed by atoms with Gasteiger partial charge in [0.15, 0.2) is 0 Å². The van der Waals surface area contributed by atoms with E-state index in [0.29, 0.717) is 16.2 Å². The van der Waals surface area contributed by atoms with Gasteiger partial charge in [-0.1, -0.05) is 36.5 Å². The third-order valence-electron chi connectivity index (χ3n) is 3.83. The fourth-order valence-corrected chi connectivity index (χ4v) is 2.89. The quantitative estimate of drug-likeness (QED) is 0.725. The summed E-state index contributed by atoms with van der Waals surface area (Å²) >= 11 is 12.1. The molecule has 0 aromatic carbocycles. The normalized spacial score (nSPS) is 24.9. The van der Waals surface area contributed by atoms with Crippen LogP contribution in [0.5, 0.6) is 0 Å². The molecule has 1 fully saturated rings. The molecule has 1 saturated carbocycles. The molecule has 0 N–H and O–H groups in total. The van der Waals surface area contributed by atoms with E-state index in [4.69, 9.17) is 23.2 Å². The summed E-state index contributed by atoms with van der Waals surface area (Å²) in [5.74, 6) is 2.15. The second kappa shape index (κ2) is 5.53. The van der Waals surface area contributed by atoms with Gasteiger partial charge in [0.05, 0.1) is 0 Å². The van der Waals surface area contributed by atoms with Crippen LogP contribution in [0.25, 0.3) is 0 Å². The van der Waals surface area contributed by atoms with Gasteiger partial charge in [-0.25, -0.2) is 9.97 Å². The van der Waals surface area contributed by atoms with Crippen molar-refractivity contribution in [2.45, 2.75) is 51.9 Å². The fourth-order valence-electron chi connectivity index (χ4n) is 2.49. The molecular formula is C13H18Cl2N2. The van der Waals surface area contributed by atoms with Crippen LogP contribution >= 0.6 is 23.2 Å². The Bertz CT molecular complexity index is 375. The third kappa shape index (κ3) is 2.92.